The maximum atomic E-state index is 12.8. The molecule has 2 aliphatic heterocycles. The van der Waals surface area contributed by atoms with Gasteiger partial charge in [0.25, 0.3) is 0 Å². The smallest absolute Gasteiger partial charge is 0.239 e. The molecule has 2 amide bonds. The average Bonchev–Trinajstić information content (AvgIpc) is 2.60. The Bertz CT molecular complexity index is 446. The van der Waals surface area contributed by atoms with E-state index in [1.54, 1.807) is 0 Å². The summed E-state index contributed by atoms with van der Waals surface area (Å²) in [4.78, 5) is 28.4. The number of carbonyl (C=O) groups excluding carboxylic acids is 2. The first kappa shape index (κ1) is 16.7. The van der Waals surface area contributed by atoms with Crippen LogP contribution in [0.2, 0.25) is 0 Å². The van der Waals surface area contributed by atoms with Crippen LogP contribution in [-0.2, 0) is 9.59 Å². The molecule has 0 aromatic carbocycles. The average molecular weight is 321 g/mol. The van der Waals surface area contributed by atoms with Crippen molar-refractivity contribution in [2.45, 2.75) is 57.9 Å². The van der Waals surface area contributed by atoms with Gasteiger partial charge in [-0.05, 0) is 51.0 Å². The number of carbonyl (C=O) groups is 2. The number of nitrogens with two attached hydrogens (primary N) is 1. The van der Waals surface area contributed by atoms with E-state index in [2.05, 4.69) is 11.8 Å². The van der Waals surface area contributed by atoms with Crippen molar-refractivity contribution in [1.82, 2.24) is 9.80 Å². The van der Waals surface area contributed by atoms with Crippen LogP contribution in [0.1, 0.15) is 51.9 Å². The topological polar surface area (TPSA) is 66.6 Å². The van der Waals surface area contributed by atoms with Gasteiger partial charge in [0.2, 0.25) is 11.8 Å². The number of hydrogen-bond acceptors (Lipinski definition) is 3. The third-order valence-electron chi connectivity index (χ3n) is 6.44. The molecule has 3 rings (SSSR count). The highest BCUT2D eigenvalue weighted by Gasteiger charge is 2.36. The standard InChI is InChI=1S/C18H31N3O2/c1-13(18(23)20-9-7-15(8-10-20)17(19)22)21-11-6-14-4-2-3-5-16(14)12-21/h13-16H,2-12H2,1H3,(H2,19,22)/t13-,14+,16-/m1/s1. The summed E-state index contributed by atoms with van der Waals surface area (Å²) in [6, 6.07) is -0.0250. The van der Waals surface area contributed by atoms with Crippen LogP contribution in [-0.4, -0.2) is 53.8 Å². The number of likely N-dealkylation sites (tertiary alicyclic amines) is 2. The largest absolute Gasteiger partial charge is 0.369 e. The molecule has 3 fully saturated rings. The van der Waals surface area contributed by atoms with Gasteiger partial charge in [-0.2, -0.15) is 0 Å². The zero-order chi connectivity index (χ0) is 16.4. The summed E-state index contributed by atoms with van der Waals surface area (Å²) in [7, 11) is 0. The van der Waals surface area contributed by atoms with Crippen LogP contribution in [0.4, 0.5) is 0 Å². The number of hydrogen-bond donors (Lipinski definition) is 1. The van der Waals surface area contributed by atoms with Gasteiger partial charge in [-0.3, -0.25) is 14.5 Å². The van der Waals surface area contributed by atoms with Crippen molar-refractivity contribution in [3.8, 4) is 0 Å². The van der Waals surface area contributed by atoms with Gasteiger partial charge >= 0.3 is 0 Å². The van der Waals surface area contributed by atoms with Crippen LogP contribution in [0.3, 0.4) is 0 Å². The molecule has 2 heterocycles. The fourth-order valence-corrected chi connectivity index (χ4v) is 4.79. The predicted molar refractivity (Wildman–Crippen MR) is 89.6 cm³/mol. The Morgan fingerprint density at radius 3 is 2.26 bits per heavy atom. The molecule has 1 aliphatic carbocycles. The molecule has 0 aromatic rings. The molecule has 130 valence electrons. The van der Waals surface area contributed by atoms with Crippen molar-refractivity contribution in [2.24, 2.45) is 23.5 Å². The summed E-state index contributed by atoms with van der Waals surface area (Å²) in [6.45, 7) is 5.57. The lowest BCUT2D eigenvalue weighted by atomic mass is 9.75. The Hall–Kier alpha value is -1.10. The normalized spacial score (nSPS) is 31.4. The lowest BCUT2D eigenvalue weighted by Crippen LogP contribution is -2.54. The quantitative estimate of drug-likeness (QED) is 0.859. The number of primary amides is 1. The highest BCUT2D eigenvalue weighted by atomic mass is 16.2. The van der Waals surface area contributed by atoms with Crippen LogP contribution in [0.15, 0.2) is 0 Å². The maximum Gasteiger partial charge on any atom is 0.239 e. The van der Waals surface area contributed by atoms with Gasteiger partial charge in [0.05, 0.1) is 6.04 Å². The monoisotopic (exact) mass is 321 g/mol. The summed E-state index contributed by atoms with van der Waals surface area (Å²) in [5.74, 6) is 1.67. The Morgan fingerprint density at radius 1 is 0.957 bits per heavy atom. The van der Waals surface area contributed by atoms with Crippen LogP contribution in [0.5, 0.6) is 0 Å². The number of fused-ring (bicyclic) bond motifs is 1. The number of nitrogens with zero attached hydrogens (tertiary/aromatic N) is 2. The number of amides is 2. The van der Waals surface area contributed by atoms with Gasteiger partial charge < -0.3 is 10.6 Å². The van der Waals surface area contributed by atoms with E-state index >= 15 is 0 Å². The first-order valence-corrected chi connectivity index (χ1v) is 9.38. The SMILES string of the molecule is C[C@H](C(=O)N1CCC(C(N)=O)CC1)N1CC[C@@H]2CCCC[C@@H]2C1. The van der Waals surface area contributed by atoms with Crippen molar-refractivity contribution in [3.63, 3.8) is 0 Å². The van der Waals surface area contributed by atoms with Crippen LogP contribution < -0.4 is 5.73 Å². The molecule has 0 bridgehead atoms. The third kappa shape index (κ3) is 3.70. The second kappa shape index (κ2) is 7.20. The Balaban J connectivity index is 1.52. The minimum absolute atomic E-state index is 0.0250. The van der Waals surface area contributed by atoms with Crippen molar-refractivity contribution >= 4 is 11.8 Å². The van der Waals surface area contributed by atoms with E-state index in [0.29, 0.717) is 13.1 Å². The predicted octanol–water partition coefficient (Wildman–Crippen LogP) is 1.61. The first-order valence-electron chi connectivity index (χ1n) is 9.38. The fourth-order valence-electron chi connectivity index (χ4n) is 4.79. The van der Waals surface area contributed by atoms with Crippen molar-refractivity contribution < 1.29 is 9.59 Å². The van der Waals surface area contributed by atoms with Crippen LogP contribution in [0.25, 0.3) is 0 Å². The molecular weight excluding hydrogens is 290 g/mol. The molecule has 3 aliphatic rings. The Kier molecular flexibility index (Phi) is 5.24. The van der Waals surface area contributed by atoms with Crippen molar-refractivity contribution in [1.29, 1.82) is 0 Å². The number of piperidine rings is 2. The van der Waals surface area contributed by atoms with E-state index < -0.39 is 0 Å². The second-order valence-corrected chi connectivity index (χ2v) is 7.77. The third-order valence-corrected chi connectivity index (χ3v) is 6.44. The summed E-state index contributed by atoms with van der Waals surface area (Å²) in [5, 5.41) is 0. The minimum atomic E-state index is -0.218. The maximum absolute atomic E-state index is 12.8. The molecule has 5 heteroatoms. The van der Waals surface area contributed by atoms with Gasteiger partial charge in [-0.1, -0.05) is 19.3 Å². The Morgan fingerprint density at radius 2 is 1.61 bits per heavy atom. The lowest BCUT2D eigenvalue weighted by molar-refractivity contribution is -0.140. The molecular formula is C18H31N3O2. The molecule has 0 spiro atoms. The molecule has 0 unspecified atom stereocenters. The summed E-state index contributed by atoms with van der Waals surface area (Å²) in [5.41, 5.74) is 5.38. The molecule has 0 aromatic heterocycles. The van der Waals surface area contributed by atoms with E-state index in [1.165, 1.54) is 32.1 Å². The fraction of sp³-hybridized carbons (Fsp3) is 0.889. The van der Waals surface area contributed by atoms with Crippen molar-refractivity contribution in [3.05, 3.63) is 0 Å². The lowest BCUT2D eigenvalue weighted by Gasteiger charge is -2.44. The van der Waals surface area contributed by atoms with E-state index in [-0.39, 0.29) is 23.8 Å². The molecule has 23 heavy (non-hydrogen) atoms. The molecule has 2 N–H and O–H groups in total. The van der Waals surface area contributed by atoms with Crippen LogP contribution in [0, 0.1) is 17.8 Å². The highest BCUT2D eigenvalue weighted by Crippen LogP contribution is 2.36. The van der Waals surface area contributed by atoms with Gasteiger partial charge in [0.1, 0.15) is 0 Å². The van der Waals surface area contributed by atoms with Gasteiger partial charge in [0, 0.05) is 25.6 Å². The molecule has 2 saturated heterocycles. The zero-order valence-electron chi connectivity index (χ0n) is 14.4. The van der Waals surface area contributed by atoms with Crippen molar-refractivity contribution in [2.75, 3.05) is 26.2 Å². The highest BCUT2D eigenvalue weighted by molar-refractivity contribution is 5.82. The van der Waals surface area contributed by atoms with E-state index in [1.807, 2.05) is 4.90 Å². The number of rotatable bonds is 3. The summed E-state index contributed by atoms with van der Waals surface area (Å²) >= 11 is 0. The van der Waals surface area contributed by atoms with E-state index in [4.69, 9.17) is 5.73 Å². The van der Waals surface area contributed by atoms with Crippen LogP contribution >= 0.6 is 0 Å². The summed E-state index contributed by atoms with van der Waals surface area (Å²) in [6.07, 6.45) is 8.18. The van der Waals surface area contributed by atoms with E-state index in [9.17, 15) is 9.59 Å². The van der Waals surface area contributed by atoms with E-state index in [0.717, 1.165) is 37.8 Å². The van der Waals surface area contributed by atoms with Gasteiger partial charge in [0.15, 0.2) is 0 Å². The van der Waals surface area contributed by atoms with Gasteiger partial charge in [-0.15, -0.1) is 0 Å². The molecule has 5 nitrogen and oxygen atoms in total. The molecule has 0 radical (unpaired) electrons. The second-order valence-electron chi connectivity index (χ2n) is 7.77. The first-order chi connectivity index (χ1) is 11.1. The van der Waals surface area contributed by atoms with Gasteiger partial charge in [-0.25, -0.2) is 0 Å². The molecule has 1 saturated carbocycles. The minimum Gasteiger partial charge on any atom is -0.369 e. The molecule has 3 atom stereocenters. The zero-order valence-corrected chi connectivity index (χ0v) is 14.4. The summed E-state index contributed by atoms with van der Waals surface area (Å²) < 4.78 is 0. The Labute approximate surface area is 139 Å².